The van der Waals surface area contributed by atoms with Crippen LogP contribution in [0.2, 0.25) is 0 Å². The van der Waals surface area contributed by atoms with E-state index >= 15 is 0 Å². The molecule has 0 amide bonds. The molecule has 0 aromatic carbocycles. The number of carbonyl (C=O) groups is 2. The summed E-state index contributed by atoms with van der Waals surface area (Å²) in [6, 6.07) is 0. The number of Topliss-reactive ketones (excluding diaryl/α,β-unsaturated/α-hetero) is 1. The third kappa shape index (κ3) is 3.33. The molecule has 0 heterocycles. The molecule has 0 bridgehead atoms. The van der Waals surface area contributed by atoms with Crippen LogP contribution in [0.1, 0.15) is 52.4 Å². The van der Waals surface area contributed by atoms with Crippen molar-refractivity contribution in [1.29, 1.82) is 0 Å². The highest BCUT2D eigenvalue weighted by atomic mass is 16.5. The van der Waals surface area contributed by atoms with Crippen molar-refractivity contribution in [3.05, 3.63) is 0 Å². The summed E-state index contributed by atoms with van der Waals surface area (Å²) < 4.78 is 4.84. The maximum atomic E-state index is 11.6. The van der Waals surface area contributed by atoms with Gasteiger partial charge >= 0.3 is 5.97 Å². The molecule has 0 aromatic heterocycles. The fourth-order valence-corrected chi connectivity index (χ4v) is 2.20. The van der Waals surface area contributed by atoms with Gasteiger partial charge in [-0.05, 0) is 32.6 Å². The standard InChI is InChI=1S/C12H20O3/c1-3-15-11(14)7-5-9-12(2)8-4-6-10(12)13/h3-9H2,1-2H3. The Hall–Kier alpha value is -0.860. The molecule has 0 N–H and O–H groups in total. The summed E-state index contributed by atoms with van der Waals surface area (Å²) in [4.78, 5) is 22.7. The van der Waals surface area contributed by atoms with Crippen molar-refractivity contribution < 1.29 is 14.3 Å². The third-order valence-corrected chi connectivity index (χ3v) is 3.22. The smallest absolute Gasteiger partial charge is 0.305 e. The second-order valence-electron chi connectivity index (χ2n) is 4.50. The summed E-state index contributed by atoms with van der Waals surface area (Å²) in [5.41, 5.74) is -0.160. The topological polar surface area (TPSA) is 43.4 Å². The molecule has 0 aliphatic heterocycles. The largest absolute Gasteiger partial charge is 0.466 e. The van der Waals surface area contributed by atoms with Crippen molar-refractivity contribution in [2.24, 2.45) is 5.41 Å². The normalized spacial score (nSPS) is 25.6. The van der Waals surface area contributed by atoms with Gasteiger partial charge in [0, 0.05) is 18.3 Å². The van der Waals surface area contributed by atoms with Crippen LogP contribution in [0.25, 0.3) is 0 Å². The molecule has 1 fully saturated rings. The van der Waals surface area contributed by atoms with E-state index in [4.69, 9.17) is 4.74 Å². The molecular weight excluding hydrogens is 192 g/mol. The minimum atomic E-state index is -0.160. The Morgan fingerprint density at radius 1 is 1.53 bits per heavy atom. The van der Waals surface area contributed by atoms with Crippen LogP contribution in [0.15, 0.2) is 0 Å². The lowest BCUT2D eigenvalue weighted by atomic mass is 9.82. The van der Waals surface area contributed by atoms with Crippen LogP contribution >= 0.6 is 0 Å². The van der Waals surface area contributed by atoms with E-state index in [0.29, 0.717) is 18.8 Å². The highest BCUT2D eigenvalue weighted by molar-refractivity contribution is 5.86. The molecular formula is C12H20O3. The minimum Gasteiger partial charge on any atom is -0.466 e. The summed E-state index contributed by atoms with van der Waals surface area (Å²) in [5.74, 6) is 0.220. The van der Waals surface area contributed by atoms with Gasteiger partial charge in [0.2, 0.25) is 0 Å². The Balaban J connectivity index is 2.25. The Bertz CT molecular complexity index is 247. The summed E-state index contributed by atoms with van der Waals surface area (Å²) >= 11 is 0. The molecule has 1 unspecified atom stereocenters. The predicted molar refractivity (Wildman–Crippen MR) is 57.4 cm³/mol. The van der Waals surface area contributed by atoms with E-state index in [9.17, 15) is 9.59 Å². The van der Waals surface area contributed by atoms with Crippen LogP contribution < -0.4 is 0 Å². The van der Waals surface area contributed by atoms with Crippen LogP contribution in [-0.4, -0.2) is 18.4 Å². The van der Waals surface area contributed by atoms with Crippen molar-refractivity contribution in [3.63, 3.8) is 0 Å². The first-order chi connectivity index (χ1) is 7.08. The summed E-state index contributed by atoms with van der Waals surface area (Å²) in [5, 5.41) is 0. The lowest BCUT2D eigenvalue weighted by Gasteiger charge is -2.21. The molecule has 1 saturated carbocycles. The quantitative estimate of drug-likeness (QED) is 0.657. The van der Waals surface area contributed by atoms with Gasteiger partial charge in [-0.25, -0.2) is 0 Å². The zero-order valence-electron chi connectivity index (χ0n) is 9.67. The van der Waals surface area contributed by atoms with Gasteiger partial charge in [0.15, 0.2) is 0 Å². The van der Waals surface area contributed by atoms with E-state index < -0.39 is 0 Å². The van der Waals surface area contributed by atoms with Gasteiger partial charge in [-0.3, -0.25) is 9.59 Å². The molecule has 0 spiro atoms. The van der Waals surface area contributed by atoms with Gasteiger partial charge in [-0.1, -0.05) is 6.92 Å². The van der Waals surface area contributed by atoms with Gasteiger partial charge in [-0.2, -0.15) is 0 Å². The van der Waals surface area contributed by atoms with Gasteiger partial charge in [0.05, 0.1) is 6.61 Å². The molecule has 86 valence electrons. The van der Waals surface area contributed by atoms with Crippen LogP contribution in [0.4, 0.5) is 0 Å². The molecule has 15 heavy (non-hydrogen) atoms. The number of ketones is 1. The molecule has 3 nitrogen and oxygen atoms in total. The SMILES string of the molecule is CCOC(=O)CCCC1(C)CCCC1=O. The lowest BCUT2D eigenvalue weighted by molar-refractivity contribution is -0.143. The number of hydrogen-bond acceptors (Lipinski definition) is 3. The molecule has 0 aromatic rings. The van der Waals surface area contributed by atoms with Crippen LogP contribution in [-0.2, 0) is 14.3 Å². The van der Waals surface area contributed by atoms with E-state index in [1.807, 2.05) is 6.92 Å². The average Bonchev–Trinajstić information content (AvgIpc) is 2.48. The second-order valence-corrected chi connectivity index (χ2v) is 4.50. The maximum absolute atomic E-state index is 11.6. The van der Waals surface area contributed by atoms with Crippen molar-refractivity contribution in [2.45, 2.75) is 52.4 Å². The molecule has 0 saturated heterocycles. The van der Waals surface area contributed by atoms with Crippen LogP contribution in [0, 0.1) is 5.41 Å². The van der Waals surface area contributed by atoms with Gasteiger partial charge in [-0.15, -0.1) is 0 Å². The van der Waals surface area contributed by atoms with Crippen molar-refractivity contribution in [3.8, 4) is 0 Å². The monoisotopic (exact) mass is 212 g/mol. The third-order valence-electron chi connectivity index (χ3n) is 3.22. The first-order valence-electron chi connectivity index (χ1n) is 5.77. The summed E-state index contributed by atoms with van der Waals surface area (Å²) in [6.45, 7) is 4.27. The highest BCUT2D eigenvalue weighted by Gasteiger charge is 2.36. The van der Waals surface area contributed by atoms with E-state index in [1.54, 1.807) is 6.92 Å². The zero-order chi connectivity index (χ0) is 11.3. The second kappa shape index (κ2) is 5.29. The fourth-order valence-electron chi connectivity index (χ4n) is 2.20. The van der Waals surface area contributed by atoms with Gasteiger partial charge < -0.3 is 4.74 Å². The van der Waals surface area contributed by atoms with Crippen molar-refractivity contribution >= 4 is 11.8 Å². The molecule has 1 rings (SSSR count). The predicted octanol–water partition coefficient (Wildman–Crippen LogP) is 2.48. The molecule has 1 atom stereocenters. The van der Waals surface area contributed by atoms with E-state index in [0.717, 1.165) is 32.1 Å². The Morgan fingerprint density at radius 3 is 2.80 bits per heavy atom. The van der Waals surface area contributed by atoms with Gasteiger partial charge in [0.1, 0.15) is 5.78 Å². The highest BCUT2D eigenvalue weighted by Crippen LogP contribution is 2.38. The lowest BCUT2D eigenvalue weighted by Crippen LogP contribution is -2.21. The molecule has 1 aliphatic carbocycles. The van der Waals surface area contributed by atoms with Crippen LogP contribution in [0.3, 0.4) is 0 Å². The summed E-state index contributed by atoms with van der Waals surface area (Å²) in [6.07, 6.45) is 4.74. The molecule has 1 aliphatic rings. The number of esters is 1. The Labute approximate surface area is 91.2 Å². The number of rotatable bonds is 5. The van der Waals surface area contributed by atoms with Crippen molar-refractivity contribution in [2.75, 3.05) is 6.61 Å². The number of ether oxygens (including phenoxy) is 1. The molecule has 0 radical (unpaired) electrons. The zero-order valence-corrected chi connectivity index (χ0v) is 9.67. The number of hydrogen-bond donors (Lipinski definition) is 0. The van der Waals surface area contributed by atoms with E-state index in [1.165, 1.54) is 0 Å². The van der Waals surface area contributed by atoms with Crippen LogP contribution in [0.5, 0.6) is 0 Å². The first kappa shape index (κ1) is 12.2. The van der Waals surface area contributed by atoms with Crippen molar-refractivity contribution in [1.82, 2.24) is 0 Å². The van der Waals surface area contributed by atoms with E-state index in [-0.39, 0.29) is 11.4 Å². The maximum Gasteiger partial charge on any atom is 0.305 e. The Kier molecular flexibility index (Phi) is 4.30. The van der Waals surface area contributed by atoms with E-state index in [2.05, 4.69) is 0 Å². The molecule has 3 heteroatoms. The van der Waals surface area contributed by atoms with Gasteiger partial charge in [0.25, 0.3) is 0 Å². The average molecular weight is 212 g/mol. The Morgan fingerprint density at radius 2 is 2.27 bits per heavy atom. The minimum absolute atomic E-state index is 0.147. The summed E-state index contributed by atoms with van der Waals surface area (Å²) in [7, 11) is 0. The number of carbonyl (C=O) groups excluding carboxylic acids is 2. The first-order valence-corrected chi connectivity index (χ1v) is 5.77. The fraction of sp³-hybridized carbons (Fsp3) is 0.833.